The predicted octanol–water partition coefficient (Wildman–Crippen LogP) is 2.32. The first-order valence-corrected chi connectivity index (χ1v) is 6.38. The molecule has 1 aromatic carbocycles. The minimum absolute atomic E-state index is 0.462. The summed E-state index contributed by atoms with van der Waals surface area (Å²) in [5, 5.41) is 11.3. The van der Waals surface area contributed by atoms with Crippen molar-refractivity contribution in [2.75, 3.05) is 12.5 Å². The molecule has 0 unspecified atom stereocenters. The molecule has 0 aromatic heterocycles. The minimum Gasteiger partial charge on any atom is -0.364 e. The molecule has 7 heteroatoms. The van der Waals surface area contributed by atoms with Crippen LogP contribution in [0, 0.1) is 0 Å². The summed E-state index contributed by atoms with van der Waals surface area (Å²) >= 11 is 8.25. The van der Waals surface area contributed by atoms with Crippen LogP contribution >= 0.6 is 28.1 Å². The van der Waals surface area contributed by atoms with Gasteiger partial charge in [-0.3, -0.25) is 10.9 Å². The quantitative estimate of drug-likeness (QED) is 0.451. The van der Waals surface area contributed by atoms with Gasteiger partial charge < -0.3 is 5.32 Å². The summed E-state index contributed by atoms with van der Waals surface area (Å²) in [4.78, 5) is 0. The molecule has 0 atom stereocenters. The zero-order valence-electron chi connectivity index (χ0n) is 10.1. The minimum atomic E-state index is 0.462. The van der Waals surface area contributed by atoms with Crippen LogP contribution in [-0.4, -0.2) is 24.1 Å². The fourth-order valence-electron chi connectivity index (χ4n) is 0.948. The standard InChI is InChI=1S/C11H14BrN5S/c1-8(15-17-11(18)13-2)7-14-16-10-5-3-9(12)4-6-10/h3-7,16H,1-2H3,(H2,13,17,18)/b14-7+,15-8+. The molecule has 0 aliphatic rings. The highest BCUT2D eigenvalue weighted by molar-refractivity contribution is 9.10. The largest absolute Gasteiger partial charge is 0.364 e. The van der Waals surface area contributed by atoms with E-state index in [2.05, 4.69) is 42.3 Å². The molecule has 1 aromatic rings. The van der Waals surface area contributed by atoms with Crippen LogP contribution in [0.15, 0.2) is 38.9 Å². The fraction of sp³-hybridized carbons (Fsp3) is 0.182. The van der Waals surface area contributed by atoms with Crippen molar-refractivity contribution in [2.45, 2.75) is 6.92 Å². The van der Waals surface area contributed by atoms with Gasteiger partial charge in [-0.25, -0.2) is 0 Å². The normalized spacial score (nSPS) is 11.4. The molecule has 18 heavy (non-hydrogen) atoms. The molecule has 1 rings (SSSR count). The Balaban J connectivity index is 2.44. The van der Waals surface area contributed by atoms with Crippen LogP contribution in [0.1, 0.15) is 6.92 Å². The van der Waals surface area contributed by atoms with E-state index in [1.807, 2.05) is 31.2 Å². The van der Waals surface area contributed by atoms with Gasteiger partial charge >= 0.3 is 0 Å². The summed E-state index contributed by atoms with van der Waals surface area (Å²) in [6.45, 7) is 1.82. The van der Waals surface area contributed by atoms with Gasteiger partial charge in [-0.2, -0.15) is 10.2 Å². The number of rotatable bonds is 4. The SMILES string of the molecule is CNC(=S)N/N=C(C)/C=N/Nc1ccc(Br)cc1. The summed E-state index contributed by atoms with van der Waals surface area (Å²) in [7, 11) is 1.73. The second-order valence-corrected chi connectivity index (χ2v) is 4.64. The van der Waals surface area contributed by atoms with Crippen molar-refractivity contribution < 1.29 is 0 Å². The Hall–Kier alpha value is -1.47. The fourth-order valence-corrected chi connectivity index (χ4v) is 1.26. The van der Waals surface area contributed by atoms with E-state index in [1.54, 1.807) is 13.3 Å². The number of hydrogen-bond donors (Lipinski definition) is 3. The maximum atomic E-state index is 4.88. The van der Waals surface area contributed by atoms with Gasteiger partial charge in [0.25, 0.3) is 0 Å². The molecule has 0 spiro atoms. The lowest BCUT2D eigenvalue weighted by Gasteiger charge is -2.01. The number of benzene rings is 1. The molecule has 0 heterocycles. The number of nitrogens with zero attached hydrogens (tertiary/aromatic N) is 2. The van der Waals surface area contributed by atoms with Gasteiger partial charge in [0, 0.05) is 11.5 Å². The van der Waals surface area contributed by atoms with Gasteiger partial charge in [-0.05, 0) is 43.4 Å². The summed E-state index contributed by atoms with van der Waals surface area (Å²) in [5.74, 6) is 0. The van der Waals surface area contributed by atoms with Crippen LogP contribution in [0.25, 0.3) is 0 Å². The highest BCUT2D eigenvalue weighted by atomic mass is 79.9. The molecular formula is C11H14BrN5S. The summed E-state index contributed by atoms with van der Waals surface area (Å²) in [6, 6.07) is 7.71. The highest BCUT2D eigenvalue weighted by Gasteiger charge is 1.90. The van der Waals surface area contributed by atoms with Crippen molar-refractivity contribution in [2.24, 2.45) is 10.2 Å². The molecule has 0 aliphatic carbocycles. The second-order valence-electron chi connectivity index (χ2n) is 3.32. The average molecular weight is 328 g/mol. The van der Waals surface area contributed by atoms with Crippen molar-refractivity contribution in [1.29, 1.82) is 0 Å². The van der Waals surface area contributed by atoms with E-state index in [0.29, 0.717) is 10.8 Å². The van der Waals surface area contributed by atoms with Crippen LogP contribution in [0.5, 0.6) is 0 Å². The van der Waals surface area contributed by atoms with Crippen molar-refractivity contribution in [1.82, 2.24) is 10.7 Å². The van der Waals surface area contributed by atoms with Crippen LogP contribution in [0.3, 0.4) is 0 Å². The molecule has 96 valence electrons. The zero-order valence-corrected chi connectivity index (χ0v) is 12.5. The number of halogens is 1. The smallest absolute Gasteiger partial charge is 0.186 e. The van der Waals surface area contributed by atoms with Gasteiger partial charge in [0.05, 0.1) is 17.6 Å². The van der Waals surface area contributed by atoms with E-state index < -0.39 is 0 Å². The summed E-state index contributed by atoms with van der Waals surface area (Å²) in [6.07, 6.45) is 1.60. The maximum absolute atomic E-state index is 4.88. The molecule has 5 nitrogen and oxygen atoms in total. The van der Waals surface area contributed by atoms with Crippen LogP contribution in [0.2, 0.25) is 0 Å². The van der Waals surface area contributed by atoms with Gasteiger partial charge in [-0.1, -0.05) is 15.9 Å². The Bertz CT molecular complexity index is 455. The molecule has 0 radical (unpaired) electrons. The first kappa shape index (κ1) is 14.6. The van der Waals surface area contributed by atoms with Crippen molar-refractivity contribution >= 4 is 50.9 Å². The van der Waals surface area contributed by atoms with Gasteiger partial charge in [0.2, 0.25) is 0 Å². The Morgan fingerprint density at radius 1 is 1.33 bits per heavy atom. The first-order valence-electron chi connectivity index (χ1n) is 5.18. The summed E-state index contributed by atoms with van der Waals surface area (Å²) in [5.41, 5.74) is 7.18. The predicted molar refractivity (Wildman–Crippen MR) is 84.2 cm³/mol. The number of thiocarbonyl (C=S) groups is 1. The van der Waals surface area contributed by atoms with Gasteiger partial charge in [-0.15, -0.1) is 0 Å². The Morgan fingerprint density at radius 2 is 2.00 bits per heavy atom. The number of nitrogens with one attached hydrogen (secondary N) is 3. The number of hydrogen-bond acceptors (Lipinski definition) is 4. The number of anilines is 1. The topological polar surface area (TPSA) is 60.8 Å². The molecule has 0 saturated heterocycles. The molecule has 0 fully saturated rings. The van der Waals surface area contributed by atoms with E-state index >= 15 is 0 Å². The molecule has 0 saturated carbocycles. The third kappa shape index (κ3) is 5.74. The maximum Gasteiger partial charge on any atom is 0.186 e. The van der Waals surface area contributed by atoms with E-state index in [-0.39, 0.29) is 0 Å². The molecule has 0 amide bonds. The van der Waals surface area contributed by atoms with E-state index in [9.17, 15) is 0 Å². The Kier molecular flexibility index (Phi) is 6.31. The van der Waals surface area contributed by atoms with E-state index in [1.165, 1.54) is 0 Å². The molecule has 0 aliphatic heterocycles. The summed E-state index contributed by atoms with van der Waals surface area (Å²) < 4.78 is 1.03. The van der Waals surface area contributed by atoms with E-state index in [0.717, 1.165) is 10.2 Å². The van der Waals surface area contributed by atoms with Gasteiger partial charge in [0.15, 0.2) is 5.11 Å². The average Bonchev–Trinajstić information content (AvgIpc) is 2.38. The number of hydrazone groups is 2. The highest BCUT2D eigenvalue weighted by Crippen LogP contribution is 2.13. The zero-order chi connectivity index (χ0) is 13.4. The second kappa shape index (κ2) is 7.78. The Morgan fingerprint density at radius 3 is 2.61 bits per heavy atom. The van der Waals surface area contributed by atoms with Crippen LogP contribution in [-0.2, 0) is 0 Å². The van der Waals surface area contributed by atoms with Crippen molar-refractivity contribution in [3.05, 3.63) is 28.7 Å². The monoisotopic (exact) mass is 327 g/mol. The third-order valence-electron chi connectivity index (χ3n) is 1.85. The lowest BCUT2D eigenvalue weighted by molar-refractivity contribution is 0.977. The molecule has 3 N–H and O–H groups in total. The Labute approximate surface area is 120 Å². The van der Waals surface area contributed by atoms with Crippen LogP contribution < -0.4 is 16.2 Å². The van der Waals surface area contributed by atoms with Crippen molar-refractivity contribution in [3.8, 4) is 0 Å². The molecule has 0 bridgehead atoms. The van der Waals surface area contributed by atoms with Gasteiger partial charge in [0.1, 0.15) is 0 Å². The van der Waals surface area contributed by atoms with Crippen molar-refractivity contribution in [3.63, 3.8) is 0 Å². The third-order valence-corrected chi connectivity index (χ3v) is 2.67. The van der Waals surface area contributed by atoms with Crippen LogP contribution in [0.4, 0.5) is 5.69 Å². The van der Waals surface area contributed by atoms with E-state index in [4.69, 9.17) is 12.2 Å². The first-order chi connectivity index (χ1) is 8.61. The molecular weight excluding hydrogens is 314 g/mol. The lowest BCUT2D eigenvalue weighted by Crippen LogP contribution is -2.29. The lowest BCUT2D eigenvalue weighted by atomic mass is 10.3.